The number of nitrogens with one attached hydrogen (secondary N) is 2. The molecule has 22 heavy (non-hydrogen) atoms. The summed E-state index contributed by atoms with van der Waals surface area (Å²) >= 11 is 0. The Balaban J connectivity index is 1.56. The second-order valence-electron chi connectivity index (χ2n) is 5.20. The average Bonchev–Trinajstić information content (AvgIpc) is 2.99. The van der Waals surface area contributed by atoms with Crippen LogP contribution in [0.1, 0.15) is 6.42 Å². The quantitative estimate of drug-likeness (QED) is 0.916. The topological polar surface area (TPSA) is 57.3 Å². The second-order valence-corrected chi connectivity index (χ2v) is 5.20. The highest BCUT2D eigenvalue weighted by Gasteiger charge is 2.26. The van der Waals surface area contributed by atoms with Gasteiger partial charge in [0.15, 0.2) is 0 Å². The van der Waals surface area contributed by atoms with Crippen LogP contribution in [0.5, 0.6) is 0 Å². The lowest BCUT2D eigenvalue weighted by Gasteiger charge is -2.18. The lowest BCUT2D eigenvalue weighted by Crippen LogP contribution is -2.35. The van der Waals surface area contributed by atoms with Crippen LogP contribution in [0.15, 0.2) is 48.7 Å². The third kappa shape index (κ3) is 3.33. The van der Waals surface area contributed by atoms with Crippen LogP contribution >= 0.6 is 0 Å². The van der Waals surface area contributed by atoms with Crippen molar-refractivity contribution in [2.24, 2.45) is 0 Å². The zero-order valence-electron chi connectivity index (χ0n) is 12.0. The van der Waals surface area contributed by atoms with Crippen LogP contribution in [0.2, 0.25) is 0 Å². The lowest BCUT2D eigenvalue weighted by atomic mass is 10.2. The molecule has 3 rings (SSSR count). The van der Waals surface area contributed by atoms with Crippen molar-refractivity contribution < 1.29 is 9.18 Å². The molecule has 6 heteroatoms. The Bertz CT molecular complexity index is 650. The first-order chi connectivity index (χ1) is 10.7. The summed E-state index contributed by atoms with van der Waals surface area (Å²) in [5, 5.41) is 5.90. The molecular weight excluding hydrogens is 283 g/mol. The van der Waals surface area contributed by atoms with Crippen LogP contribution in [0.3, 0.4) is 0 Å². The summed E-state index contributed by atoms with van der Waals surface area (Å²) in [7, 11) is 0. The van der Waals surface area contributed by atoms with Crippen molar-refractivity contribution in [2.75, 3.05) is 23.7 Å². The Labute approximate surface area is 128 Å². The van der Waals surface area contributed by atoms with Crippen molar-refractivity contribution in [1.29, 1.82) is 0 Å². The third-order valence-electron chi connectivity index (χ3n) is 3.61. The smallest absolute Gasteiger partial charge is 0.321 e. The molecule has 1 aromatic heterocycles. The van der Waals surface area contributed by atoms with E-state index in [1.165, 1.54) is 6.07 Å². The van der Waals surface area contributed by atoms with Gasteiger partial charge in [-0.15, -0.1) is 0 Å². The highest BCUT2D eigenvalue weighted by atomic mass is 19.1. The number of carbonyl (C=O) groups is 1. The van der Waals surface area contributed by atoms with Crippen molar-refractivity contribution in [2.45, 2.75) is 12.5 Å². The van der Waals surface area contributed by atoms with Crippen LogP contribution in [0, 0.1) is 5.82 Å². The fourth-order valence-corrected chi connectivity index (χ4v) is 2.48. The summed E-state index contributed by atoms with van der Waals surface area (Å²) in [6.45, 7) is 1.20. The molecule has 1 aromatic carbocycles. The molecule has 1 atom stereocenters. The Morgan fingerprint density at radius 2 is 2.05 bits per heavy atom. The lowest BCUT2D eigenvalue weighted by molar-refractivity contribution is 0.222. The van der Waals surface area contributed by atoms with E-state index < -0.39 is 5.82 Å². The molecule has 1 aliphatic rings. The van der Waals surface area contributed by atoms with Crippen molar-refractivity contribution in [3.05, 3.63) is 54.5 Å². The maximum Gasteiger partial charge on any atom is 0.321 e. The largest absolute Gasteiger partial charge is 0.365 e. The number of anilines is 2. The predicted molar refractivity (Wildman–Crippen MR) is 83.3 cm³/mol. The number of likely N-dealkylation sites (tertiary alicyclic amines) is 1. The molecule has 2 amide bonds. The number of para-hydroxylation sites is 1. The number of hydrogen-bond acceptors (Lipinski definition) is 3. The molecule has 1 fully saturated rings. The van der Waals surface area contributed by atoms with Crippen molar-refractivity contribution in [1.82, 2.24) is 9.88 Å². The fraction of sp³-hybridized carbons (Fsp3) is 0.250. The van der Waals surface area contributed by atoms with Gasteiger partial charge in [-0.25, -0.2) is 14.2 Å². The molecule has 1 aliphatic heterocycles. The standard InChI is InChI=1S/C16H17FN4O/c17-13-5-1-2-6-14(13)20-16(22)21-10-8-12(11-21)19-15-7-3-4-9-18-15/h1-7,9,12H,8,10-11H2,(H,18,19)(H,20,22)/t12-/m1/s1. The first-order valence-electron chi connectivity index (χ1n) is 7.20. The van der Waals surface area contributed by atoms with Crippen molar-refractivity contribution in [3.63, 3.8) is 0 Å². The van der Waals surface area contributed by atoms with Crippen LogP contribution in [-0.2, 0) is 0 Å². The minimum Gasteiger partial charge on any atom is -0.365 e. The minimum absolute atomic E-state index is 0.154. The summed E-state index contributed by atoms with van der Waals surface area (Å²) in [5.41, 5.74) is 0.202. The third-order valence-corrected chi connectivity index (χ3v) is 3.61. The van der Waals surface area contributed by atoms with Crippen LogP contribution in [0.4, 0.5) is 20.7 Å². The maximum atomic E-state index is 13.5. The number of urea groups is 1. The molecular formula is C16H17FN4O. The number of aromatic nitrogens is 1. The van der Waals surface area contributed by atoms with Gasteiger partial charge in [0, 0.05) is 25.3 Å². The summed E-state index contributed by atoms with van der Waals surface area (Å²) < 4.78 is 13.5. The number of amides is 2. The number of halogens is 1. The molecule has 2 heterocycles. The number of carbonyl (C=O) groups excluding carboxylic acids is 1. The first-order valence-corrected chi connectivity index (χ1v) is 7.20. The average molecular weight is 300 g/mol. The zero-order valence-corrected chi connectivity index (χ0v) is 12.0. The molecule has 0 spiro atoms. The number of nitrogens with zero attached hydrogens (tertiary/aromatic N) is 2. The summed E-state index contributed by atoms with van der Waals surface area (Å²) in [4.78, 5) is 18.1. The monoisotopic (exact) mass is 300 g/mol. The van der Waals surface area contributed by atoms with Crippen LogP contribution in [0.25, 0.3) is 0 Å². The van der Waals surface area contributed by atoms with E-state index in [0.29, 0.717) is 13.1 Å². The van der Waals surface area contributed by atoms with E-state index in [2.05, 4.69) is 15.6 Å². The molecule has 0 saturated carbocycles. The molecule has 1 saturated heterocycles. The summed E-state index contributed by atoms with van der Waals surface area (Å²) in [6, 6.07) is 11.7. The van der Waals surface area contributed by atoms with Gasteiger partial charge in [0.2, 0.25) is 0 Å². The van der Waals surface area contributed by atoms with Gasteiger partial charge in [0.1, 0.15) is 11.6 Å². The molecule has 5 nitrogen and oxygen atoms in total. The van der Waals surface area contributed by atoms with Crippen molar-refractivity contribution >= 4 is 17.5 Å². The van der Waals surface area contributed by atoms with E-state index in [1.54, 1.807) is 29.3 Å². The molecule has 0 aliphatic carbocycles. The molecule has 0 bridgehead atoms. The molecule has 0 radical (unpaired) electrons. The van der Waals surface area contributed by atoms with Gasteiger partial charge in [-0.3, -0.25) is 0 Å². The highest BCUT2D eigenvalue weighted by Crippen LogP contribution is 2.17. The Morgan fingerprint density at radius 1 is 1.23 bits per heavy atom. The van der Waals surface area contributed by atoms with Gasteiger partial charge >= 0.3 is 6.03 Å². The molecule has 0 unspecified atom stereocenters. The Kier molecular flexibility index (Phi) is 4.18. The SMILES string of the molecule is O=C(Nc1ccccc1F)N1CC[C@@H](Nc2ccccn2)C1. The van der Waals surface area contributed by atoms with Gasteiger partial charge in [-0.2, -0.15) is 0 Å². The minimum atomic E-state index is -0.432. The number of rotatable bonds is 3. The van der Waals surface area contributed by atoms with Gasteiger partial charge in [-0.05, 0) is 30.7 Å². The van der Waals surface area contributed by atoms with Gasteiger partial charge in [-0.1, -0.05) is 18.2 Å². The van der Waals surface area contributed by atoms with Gasteiger partial charge in [0.05, 0.1) is 5.69 Å². The number of benzene rings is 1. The van der Waals surface area contributed by atoms with E-state index in [4.69, 9.17) is 0 Å². The molecule has 2 N–H and O–H groups in total. The molecule has 2 aromatic rings. The maximum absolute atomic E-state index is 13.5. The van der Waals surface area contributed by atoms with Crippen LogP contribution < -0.4 is 10.6 Å². The number of pyridine rings is 1. The Hall–Kier alpha value is -2.63. The fourth-order valence-electron chi connectivity index (χ4n) is 2.48. The summed E-state index contributed by atoms with van der Waals surface area (Å²) in [5.74, 6) is 0.363. The number of hydrogen-bond donors (Lipinski definition) is 2. The normalized spacial score (nSPS) is 17.3. The molecule has 114 valence electrons. The van der Waals surface area contributed by atoms with E-state index in [0.717, 1.165) is 12.2 Å². The second kappa shape index (κ2) is 6.43. The summed E-state index contributed by atoms with van der Waals surface area (Å²) in [6.07, 6.45) is 2.56. The van der Waals surface area contributed by atoms with Gasteiger partial charge in [0.25, 0.3) is 0 Å². The Morgan fingerprint density at radius 3 is 2.82 bits per heavy atom. The van der Waals surface area contributed by atoms with Gasteiger partial charge < -0.3 is 15.5 Å². The first kappa shape index (κ1) is 14.3. The van der Waals surface area contributed by atoms with Crippen LogP contribution in [-0.4, -0.2) is 35.0 Å². The van der Waals surface area contributed by atoms with E-state index in [-0.39, 0.29) is 17.8 Å². The zero-order chi connectivity index (χ0) is 15.4. The van der Waals surface area contributed by atoms with E-state index in [9.17, 15) is 9.18 Å². The van der Waals surface area contributed by atoms with E-state index in [1.807, 2.05) is 18.2 Å². The predicted octanol–water partition coefficient (Wildman–Crippen LogP) is 2.94. The van der Waals surface area contributed by atoms with Crippen molar-refractivity contribution in [3.8, 4) is 0 Å². The highest BCUT2D eigenvalue weighted by molar-refractivity contribution is 5.89. The van der Waals surface area contributed by atoms with E-state index >= 15 is 0 Å².